The normalized spacial score (nSPS) is 10.1. The first-order valence-corrected chi connectivity index (χ1v) is 5.37. The van der Waals surface area contributed by atoms with Gasteiger partial charge in [-0.1, -0.05) is 0 Å². The van der Waals surface area contributed by atoms with E-state index in [1.54, 1.807) is 24.3 Å². The number of nitrogens with two attached hydrogens (primary N) is 1. The fourth-order valence-corrected chi connectivity index (χ4v) is 1.58. The van der Waals surface area contributed by atoms with E-state index in [1.165, 1.54) is 6.92 Å². The van der Waals surface area contributed by atoms with Crippen molar-refractivity contribution in [1.82, 2.24) is 4.98 Å². The summed E-state index contributed by atoms with van der Waals surface area (Å²) >= 11 is 0. The summed E-state index contributed by atoms with van der Waals surface area (Å²) in [5, 5.41) is 8.73. The Balaban J connectivity index is 2.51. The van der Waals surface area contributed by atoms with Gasteiger partial charge in [0.05, 0.1) is 18.2 Å². The van der Waals surface area contributed by atoms with Crippen LogP contribution in [0.2, 0.25) is 0 Å². The summed E-state index contributed by atoms with van der Waals surface area (Å²) in [6, 6.07) is 8.77. The standard InChI is InChI=1S/C13H11N3O2/c1-8(17)12-13(18-11(7-15)16-12)10-4-2-9(6-14)3-5-10/h2-5H,7,15H2,1H3. The first-order valence-electron chi connectivity index (χ1n) is 5.37. The van der Waals surface area contributed by atoms with Crippen molar-refractivity contribution in [3.8, 4) is 17.4 Å². The maximum absolute atomic E-state index is 11.5. The summed E-state index contributed by atoms with van der Waals surface area (Å²) in [7, 11) is 0. The summed E-state index contributed by atoms with van der Waals surface area (Å²) < 4.78 is 5.44. The summed E-state index contributed by atoms with van der Waals surface area (Å²) in [4.78, 5) is 15.5. The molecule has 2 N–H and O–H groups in total. The van der Waals surface area contributed by atoms with Crippen molar-refractivity contribution < 1.29 is 9.21 Å². The smallest absolute Gasteiger partial charge is 0.209 e. The van der Waals surface area contributed by atoms with Crippen LogP contribution < -0.4 is 5.73 Å². The van der Waals surface area contributed by atoms with Gasteiger partial charge in [-0.2, -0.15) is 5.26 Å². The highest BCUT2D eigenvalue weighted by Crippen LogP contribution is 2.25. The molecule has 0 saturated heterocycles. The van der Waals surface area contributed by atoms with Gasteiger partial charge < -0.3 is 10.2 Å². The number of oxazole rings is 1. The van der Waals surface area contributed by atoms with Gasteiger partial charge in [0.1, 0.15) is 0 Å². The predicted molar refractivity (Wildman–Crippen MR) is 64.5 cm³/mol. The quantitative estimate of drug-likeness (QED) is 0.828. The van der Waals surface area contributed by atoms with E-state index in [-0.39, 0.29) is 18.0 Å². The van der Waals surface area contributed by atoms with Crippen LogP contribution in [0.5, 0.6) is 0 Å². The van der Waals surface area contributed by atoms with Gasteiger partial charge in [0.2, 0.25) is 5.89 Å². The molecule has 0 fully saturated rings. The molecular formula is C13H11N3O2. The van der Waals surface area contributed by atoms with Crippen LogP contribution in [0.15, 0.2) is 28.7 Å². The lowest BCUT2D eigenvalue weighted by molar-refractivity contribution is 0.101. The minimum atomic E-state index is -0.183. The molecule has 5 heteroatoms. The molecule has 1 aromatic heterocycles. The number of carbonyl (C=O) groups excluding carboxylic acids is 1. The number of rotatable bonds is 3. The van der Waals surface area contributed by atoms with Gasteiger partial charge >= 0.3 is 0 Å². The Morgan fingerprint density at radius 1 is 1.44 bits per heavy atom. The number of nitriles is 1. The van der Waals surface area contributed by atoms with Gasteiger partial charge in [-0.25, -0.2) is 4.98 Å². The molecule has 2 rings (SSSR count). The molecule has 0 amide bonds. The molecule has 2 aromatic rings. The number of hydrogen-bond donors (Lipinski definition) is 1. The summed E-state index contributed by atoms with van der Waals surface area (Å²) in [5.41, 5.74) is 6.95. The third-order valence-electron chi connectivity index (χ3n) is 2.46. The van der Waals surface area contributed by atoms with Gasteiger partial charge in [0, 0.05) is 12.5 Å². The van der Waals surface area contributed by atoms with Gasteiger partial charge in [0.15, 0.2) is 17.2 Å². The molecule has 18 heavy (non-hydrogen) atoms. The topological polar surface area (TPSA) is 92.9 Å². The highest BCUT2D eigenvalue weighted by atomic mass is 16.4. The molecule has 90 valence electrons. The van der Waals surface area contributed by atoms with E-state index in [1.807, 2.05) is 6.07 Å². The van der Waals surface area contributed by atoms with Crippen molar-refractivity contribution in [3.05, 3.63) is 41.4 Å². The minimum absolute atomic E-state index is 0.135. The molecule has 0 atom stereocenters. The number of nitrogens with zero attached hydrogens (tertiary/aromatic N) is 2. The average Bonchev–Trinajstić information content (AvgIpc) is 2.83. The molecule has 1 aromatic carbocycles. The Kier molecular flexibility index (Phi) is 3.22. The van der Waals surface area contributed by atoms with Crippen molar-refractivity contribution >= 4 is 5.78 Å². The lowest BCUT2D eigenvalue weighted by Gasteiger charge is -1.98. The van der Waals surface area contributed by atoms with E-state index in [0.29, 0.717) is 22.8 Å². The second-order valence-electron chi connectivity index (χ2n) is 3.73. The number of hydrogen-bond acceptors (Lipinski definition) is 5. The van der Waals surface area contributed by atoms with Crippen molar-refractivity contribution in [2.45, 2.75) is 13.5 Å². The predicted octanol–water partition coefficient (Wildman–Crippen LogP) is 1.87. The molecular weight excluding hydrogens is 230 g/mol. The molecule has 1 heterocycles. The summed E-state index contributed by atoms with van der Waals surface area (Å²) in [6.45, 7) is 1.56. The Morgan fingerprint density at radius 3 is 2.61 bits per heavy atom. The van der Waals surface area contributed by atoms with E-state index in [4.69, 9.17) is 15.4 Å². The van der Waals surface area contributed by atoms with Gasteiger partial charge in [-0.3, -0.25) is 4.79 Å². The Bertz CT molecular complexity index is 621. The lowest BCUT2D eigenvalue weighted by Crippen LogP contribution is -1.98. The van der Waals surface area contributed by atoms with Crippen LogP contribution >= 0.6 is 0 Å². The van der Waals surface area contributed by atoms with Gasteiger partial charge in [-0.05, 0) is 24.3 Å². The second-order valence-corrected chi connectivity index (χ2v) is 3.73. The average molecular weight is 241 g/mol. The van der Waals surface area contributed by atoms with Gasteiger partial charge in [0.25, 0.3) is 0 Å². The maximum atomic E-state index is 11.5. The van der Waals surface area contributed by atoms with Crippen molar-refractivity contribution in [2.75, 3.05) is 0 Å². The molecule has 0 bridgehead atoms. The molecule has 0 aliphatic heterocycles. The molecule has 0 saturated carbocycles. The van der Waals surface area contributed by atoms with Gasteiger partial charge in [-0.15, -0.1) is 0 Å². The number of aromatic nitrogens is 1. The SMILES string of the molecule is CC(=O)c1nc(CN)oc1-c1ccc(C#N)cc1. The lowest BCUT2D eigenvalue weighted by atomic mass is 10.1. The Morgan fingerprint density at radius 2 is 2.11 bits per heavy atom. The fraction of sp³-hybridized carbons (Fsp3) is 0.154. The Labute approximate surface area is 104 Å². The van der Waals surface area contributed by atoms with Crippen LogP contribution in [-0.2, 0) is 6.54 Å². The summed E-state index contributed by atoms with van der Waals surface area (Å²) in [5.74, 6) is 0.532. The third-order valence-corrected chi connectivity index (χ3v) is 2.46. The highest BCUT2D eigenvalue weighted by molar-refractivity contribution is 5.97. The van der Waals surface area contributed by atoms with Crippen LogP contribution in [-0.4, -0.2) is 10.8 Å². The van der Waals surface area contributed by atoms with Crippen LogP contribution in [0.1, 0.15) is 28.9 Å². The maximum Gasteiger partial charge on any atom is 0.209 e. The highest BCUT2D eigenvalue weighted by Gasteiger charge is 2.17. The van der Waals surface area contributed by atoms with Crippen LogP contribution in [0.3, 0.4) is 0 Å². The van der Waals surface area contributed by atoms with E-state index in [0.717, 1.165) is 0 Å². The van der Waals surface area contributed by atoms with Crippen LogP contribution in [0, 0.1) is 11.3 Å². The Hall–Kier alpha value is -2.45. The van der Waals surface area contributed by atoms with Crippen molar-refractivity contribution in [1.29, 1.82) is 5.26 Å². The molecule has 0 aliphatic carbocycles. The van der Waals surface area contributed by atoms with Crippen molar-refractivity contribution in [2.24, 2.45) is 5.73 Å². The van der Waals surface area contributed by atoms with E-state index in [9.17, 15) is 4.79 Å². The first-order chi connectivity index (χ1) is 8.65. The third kappa shape index (κ3) is 2.14. The van der Waals surface area contributed by atoms with E-state index >= 15 is 0 Å². The molecule has 0 aliphatic rings. The number of Topliss-reactive ketones (excluding diaryl/α,β-unsaturated/α-hetero) is 1. The first kappa shape index (κ1) is 12.0. The molecule has 0 spiro atoms. The summed E-state index contributed by atoms with van der Waals surface area (Å²) in [6.07, 6.45) is 0. The minimum Gasteiger partial charge on any atom is -0.439 e. The van der Waals surface area contributed by atoms with Crippen molar-refractivity contribution in [3.63, 3.8) is 0 Å². The monoisotopic (exact) mass is 241 g/mol. The van der Waals surface area contributed by atoms with Crippen LogP contribution in [0.4, 0.5) is 0 Å². The van der Waals surface area contributed by atoms with E-state index < -0.39 is 0 Å². The van der Waals surface area contributed by atoms with E-state index in [2.05, 4.69) is 4.98 Å². The van der Waals surface area contributed by atoms with Crippen LogP contribution in [0.25, 0.3) is 11.3 Å². The zero-order chi connectivity index (χ0) is 13.1. The largest absolute Gasteiger partial charge is 0.439 e. The number of benzene rings is 1. The number of carbonyl (C=O) groups is 1. The molecule has 5 nitrogen and oxygen atoms in total. The molecule has 0 radical (unpaired) electrons. The zero-order valence-corrected chi connectivity index (χ0v) is 9.80. The molecule has 0 unspecified atom stereocenters. The fourth-order valence-electron chi connectivity index (χ4n) is 1.58. The zero-order valence-electron chi connectivity index (χ0n) is 9.80. The number of ketones is 1. The second kappa shape index (κ2) is 4.82.